The van der Waals surface area contributed by atoms with Crippen LogP contribution in [0.5, 0.6) is 5.88 Å². The fourth-order valence-electron chi connectivity index (χ4n) is 2.18. The minimum atomic E-state index is -4.49. The van der Waals surface area contributed by atoms with Crippen LogP contribution < -0.4 is 14.8 Å². The van der Waals surface area contributed by atoms with Gasteiger partial charge in [0.05, 0.1) is 16.8 Å². The standard InChI is InChI=1S/C18H18F3N3O5S/c1-12(25)13-3-2-4-15(9-13)30(27,28)23-8-7-16(26)24-14-5-6-17(22-10-14)29-11-18(19,20)21/h2-6,9-10,23H,7-8,11H2,1H3,(H,24,26). The molecule has 0 aliphatic carbocycles. The Labute approximate surface area is 170 Å². The lowest BCUT2D eigenvalue weighted by Gasteiger charge is -2.10. The normalized spacial score (nSPS) is 11.7. The minimum Gasteiger partial charge on any atom is -0.468 e. The van der Waals surface area contributed by atoms with Crippen molar-refractivity contribution in [1.29, 1.82) is 0 Å². The Morgan fingerprint density at radius 3 is 2.50 bits per heavy atom. The summed E-state index contributed by atoms with van der Waals surface area (Å²) in [5.41, 5.74) is 0.446. The molecule has 1 heterocycles. The average molecular weight is 445 g/mol. The Balaban J connectivity index is 1.84. The van der Waals surface area contributed by atoms with Crippen LogP contribution in [-0.4, -0.2) is 44.4 Å². The molecule has 0 aliphatic heterocycles. The highest BCUT2D eigenvalue weighted by Gasteiger charge is 2.28. The Hall–Kier alpha value is -2.99. The molecule has 1 amide bonds. The largest absolute Gasteiger partial charge is 0.468 e. The average Bonchev–Trinajstić information content (AvgIpc) is 2.67. The number of nitrogens with one attached hydrogen (secondary N) is 2. The van der Waals surface area contributed by atoms with E-state index in [9.17, 15) is 31.2 Å². The number of Topliss-reactive ketones (excluding diaryl/α,β-unsaturated/α-hetero) is 1. The molecule has 2 N–H and O–H groups in total. The molecule has 162 valence electrons. The molecule has 0 radical (unpaired) electrons. The molecule has 8 nitrogen and oxygen atoms in total. The number of ketones is 1. The van der Waals surface area contributed by atoms with Gasteiger partial charge < -0.3 is 10.1 Å². The van der Waals surface area contributed by atoms with Crippen molar-refractivity contribution in [2.45, 2.75) is 24.4 Å². The molecule has 0 saturated carbocycles. The van der Waals surface area contributed by atoms with E-state index in [-0.39, 0.29) is 40.8 Å². The summed E-state index contributed by atoms with van der Waals surface area (Å²) in [7, 11) is -3.91. The monoisotopic (exact) mass is 445 g/mol. The predicted octanol–water partition coefficient (Wildman–Crippen LogP) is 2.53. The zero-order chi connectivity index (χ0) is 22.4. The molecule has 0 fully saturated rings. The smallest absolute Gasteiger partial charge is 0.422 e. The number of anilines is 1. The van der Waals surface area contributed by atoms with Crippen LogP contribution in [0.15, 0.2) is 47.5 Å². The Bertz CT molecular complexity index is 1010. The molecule has 0 unspecified atom stereocenters. The van der Waals surface area contributed by atoms with E-state index in [0.717, 1.165) is 12.3 Å². The summed E-state index contributed by atoms with van der Waals surface area (Å²) < 4.78 is 67.5. The second-order valence-electron chi connectivity index (χ2n) is 6.07. The first kappa shape index (κ1) is 23.3. The van der Waals surface area contributed by atoms with Gasteiger partial charge in [-0.2, -0.15) is 13.2 Å². The molecule has 0 atom stereocenters. The molecule has 0 saturated heterocycles. The fraction of sp³-hybridized carbons (Fsp3) is 0.278. The van der Waals surface area contributed by atoms with Crippen molar-refractivity contribution >= 4 is 27.4 Å². The maximum atomic E-state index is 12.3. The topological polar surface area (TPSA) is 114 Å². The summed E-state index contributed by atoms with van der Waals surface area (Å²) in [4.78, 5) is 26.8. The summed E-state index contributed by atoms with van der Waals surface area (Å²) in [5, 5.41) is 2.43. The lowest BCUT2D eigenvalue weighted by molar-refractivity contribution is -0.154. The summed E-state index contributed by atoms with van der Waals surface area (Å²) in [6.07, 6.45) is -3.59. The fourth-order valence-corrected chi connectivity index (χ4v) is 3.26. The van der Waals surface area contributed by atoms with Gasteiger partial charge in [0.15, 0.2) is 12.4 Å². The van der Waals surface area contributed by atoms with Gasteiger partial charge in [-0.3, -0.25) is 9.59 Å². The van der Waals surface area contributed by atoms with Gasteiger partial charge in [-0.1, -0.05) is 12.1 Å². The molecule has 2 rings (SSSR count). The lowest BCUT2D eigenvalue weighted by Crippen LogP contribution is -2.28. The zero-order valence-electron chi connectivity index (χ0n) is 15.7. The molecule has 0 aliphatic rings. The first-order valence-corrected chi connectivity index (χ1v) is 10.0. The summed E-state index contributed by atoms with van der Waals surface area (Å²) in [6, 6.07) is 7.94. The van der Waals surface area contributed by atoms with Crippen molar-refractivity contribution in [1.82, 2.24) is 9.71 Å². The molecular weight excluding hydrogens is 427 g/mol. The minimum absolute atomic E-state index is 0.103. The second-order valence-corrected chi connectivity index (χ2v) is 7.84. The first-order chi connectivity index (χ1) is 14.0. The lowest BCUT2D eigenvalue weighted by atomic mass is 10.2. The second kappa shape index (κ2) is 9.67. The SMILES string of the molecule is CC(=O)c1cccc(S(=O)(=O)NCCC(=O)Nc2ccc(OCC(F)(F)F)nc2)c1. The third-order valence-corrected chi connectivity index (χ3v) is 5.06. The highest BCUT2D eigenvalue weighted by atomic mass is 32.2. The van der Waals surface area contributed by atoms with Crippen LogP contribution in [0.4, 0.5) is 18.9 Å². The maximum Gasteiger partial charge on any atom is 0.422 e. The predicted molar refractivity (Wildman–Crippen MR) is 101 cm³/mol. The number of pyridine rings is 1. The quantitative estimate of drug-likeness (QED) is 0.574. The van der Waals surface area contributed by atoms with E-state index in [4.69, 9.17) is 0 Å². The highest BCUT2D eigenvalue weighted by molar-refractivity contribution is 7.89. The third kappa shape index (κ3) is 7.44. The molecule has 1 aromatic heterocycles. The van der Waals surface area contributed by atoms with Crippen molar-refractivity contribution < 1.29 is 35.9 Å². The van der Waals surface area contributed by atoms with Gasteiger partial charge in [0.25, 0.3) is 0 Å². The number of ether oxygens (including phenoxy) is 1. The van der Waals surface area contributed by atoms with E-state index in [2.05, 4.69) is 19.8 Å². The van der Waals surface area contributed by atoms with E-state index in [1.807, 2.05) is 0 Å². The van der Waals surface area contributed by atoms with Gasteiger partial charge in [0.2, 0.25) is 21.8 Å². The number of carbonyl (C=O) groups is 2. The van der Waals surface area contributed by atoms with Crippen molar-refractivity contribution in [2.75, 3.05) is 18.5 Å². The van der Waals surface area contributed by atoms with Gasteiger partial charge in [0.1, 0.15) is 0 Å². The van der Waals surface area contributed by atoms with Crippen LogP contribution in [0.25, 0.3) is 0 Å². The molecule has 0 bridgehead atoms. The molecule has 12 heteroatoms. The summed E-state index contributed by atoms with van der Waals surface area (Å²) >= 11 is 0. The number of nitrogens with zero attached hydrogens (tertiary/aromatic N) is 1. The highest BCUT2D eigenvalue weighted by Crippen LogP contribution is 2.18. The zero-order valence-corrected chi connectivity index (χ0v) is 16.5. The molecule has 30 heavy (non-hydrogen) atoms. The van der Waals surface area contributed by atoms with Crippen LogP contribution in [0.2, 0.25) is 0 Å². The number of hydrogen-bond donors (Lipinski definition) is 2. The van der Waals surface area contributed by atoms with E-state index >= 15 is 0 Å². The third-order valence-electron chi connectivity index (χ3n) is 3.60. The number of halogens is 3. The van der Waals surface area contributed by atoms with E-state index in [1.165, 1.54) is 37.3 Å². The van der Waals surface area contributed by atoms with Crippen LogP contribution in [-0.2, 0) is 14.8 Å². The molecule has 1 aromatic carbocycles. The van der Waals surface area contributed by atoms with Crippen LogP contribution in [0.1, 0.15) is 23.7 Å². The van der Waals surface area contributed by atoms with Crippen molar-refractivity contribution in [3.8, 4) is 5.88 Å². The van der Waals surface area contributed by atoms with Gasteiger partial charge in [-0.05, 0) is 25.1 Å². The van der Waals surface area contributed by atoms with E-state index in [1.54, 1.807) is 0 Å². The number of alkyl halides is 3. The molecule has 2 aromatic rings. The number of amides is 1. The van der Waals surface area contributed by atoms with Crippen LogP contribution >= 0.6 is 0 Å². The number of rotatable bonds is 9. The first-order valence-electron chi connectivity index (χ1n) is 8.52. The number of aromatic nitrogens is 1. The van der Waals surface area contributed by atoms with Crippen molar-refractivity contribution in [3.05, 3.63) is 48.2 Å². The van der Waals surface area contributed by atoms with Crippen LogP contribution in [0, 0.1) is 0 Å². The van der Waals surface area contributed by atoms with Gasteiger partial charge >= 0.3 is 6.18 Å². The van der Waals surface area contributed by atoms with Crippen LogP contribution in [0.3, 0.4) is 0 Å². The summed E-state index contributed by atoms with van der Waals surface area (Å²) in [5.74, 6) is -1.08. The number of carbonyl (C=O) groups excluding carboxylic acids is 2. The Kier molecular flexibility index (Phi) is 7.51. The molecule has 0 spiro atoms. The van der Waals surface area contributed by atoms with Gasteiger partial charge in [0, 0.05) is 24.6 Å². The van der Waals surface area contributed by atoms with E-state index < -0.39 is 28.7 Å². The Morgan fingerprint density at radius 1 is 1.17 bits per heavy atom. The number of sulfonamides is 1. The number of benzene rings is 1. The van der Waals surface area contributed by atoms with Gasteiger partial charge in [-0.15, -0.1) is 0 Å². The van der Waals surface area contributed by atoms with Crippen molar-refractivity contribution in [3.63, 3.8) is 0 Å². The number of hydrogen-bond acceptors (Lipinski definition) is 6. The van der Waals surface area contributed by atoms with E-state index in [0.29, 0.717) is 0 Å². The summed E-state index contributed by atoms with van der Waals surface area (Å²) in [6.45, 7) is -0.382. The van der Waals surface area contributed by atoms with Gasteiger partial charge in [-0.25, -0.2) is 18.1 Å². The Morgan fingerprint density at radius 2 is 1.90 bits per heavy atom. The molecular formula is C18H18F3N3O5S. The maximum absolute atomic E-state index is 12.3. The van der Waals surface area contributed by atoms with Crippen molar-refractivity contribution in [2.24, 2.45) is 0 Å².